The minimum absolute atomic E-state index is 0.570. The van der Waals surface area contributed by atoms with Crippen LogP contribution in [0.15, 0.2) is 42.5 Å². The molecule has 2 rings (SSSR count). The Balaban J connectivity index is 2.40. The number of methoxy groups -OCH3 is 1. The van der Waals surface area contributed by atoms with Gasteiger partial charge in [-0.3, -0.25) is 0 Å². The van der Waals surface area contributed by atoms with Gasteiger partial charge in [-0.1, -0.05) is 35.9 Å². The second-order valence-electron chi connectivity index (χ2n) is 4.15. The van der Waals surface area contributed by atoms with Crippen LogP contribution in [0.3, 0.4) is 0 Å². The van der Waals surface area contributed by atoms with Crippen LogP contribution in [0.4, 0.5) is 0 Å². The fraction of sp³-hybridized carbons (Fsp3) is 0.200. The molecular weight excluding hydrogens is 248 g/mol. The van der Waals surface area contributed by atoms with Crippen LogP contribution >= 0.6 is 11.6 Å². The summed E-state index contributed by atoms with van der Waals surface area (Å²) in [4.78, 5) is 0. The predicted octanol–water partition coefficient (Wildman–Crippen LogP) is 3.74. The zero-order valence-electron chi connectivity index (χ0n) is 10.4. The second-order valence-corrected chi connectivity index (χ2v) is 4.55. The second kappa shape index (κ2) is 5.42. The predicted molar refractivity (Wildman–Crippen MR) is 73.2 cm³/mol. The molecule has 0 radical (unpaired) electrons. The van der Waals surface area contributed by atoms with Gasteiger partial charge >= 0.3 is 0 Å². The molecular formula is C15H15ClO2. The molecule has 1 N–H and O–H groups in total. The van der Waals surface area contributed by atoms with Crippen molar-refractivity contribution in [3.05, 3.63) is 64.2 Å². The Morgan fingerprint density at radius 2 is 1.83 bits per heavy atom. The highest BCUT2D eigenvalue weighted by Crippen LogP contribution is 2.31. The molecule has 0 amide bonds. The third-order valence-electron chi connectivity index (χ3n) is 2.97. The number of aliphatic hydroxyl groups excluding tert-OH is 1. The summed E-state index contributed by atoms with van der Waals surface area (Å²) in [7, 11) is 1.62. The smallest absolute Gasteiger partial charge is 0.119 e. The zero-order valence-corrected chi connectivity index (χ0v) is 11.1. The number of aliphatic hydroxyl groups is 1. The first-order valence-corrected chi connectivity index (χ1v) is 6.08. The standard InChI is InChI=1S/C15H15ClO2/c1-10-9-11(18-2)7-8-12(10)15(17)13-5-3-4-6-14(13)16/h3-9,15,17H,1-2H3. The van der Waals surface area contributed by atoms with E-state index in [-0.39, 0.29) is 0 Å². The van der Waals surface area contributed by atoms with E-state index in [0.29, 0.717) is 10.6 Å². The highest BCUT2D eigenvalue weighted by molar-refractivity contribution is 6.31. The van der Waals surface area contributed by atoms with Gasteiger partial charge in [-0.25, -0.2) is 0 Å². The van der Waals surface area contributed by atoms with Crippen molar-refractivity contribution in [2.75, 3.05) is 7.11 Å². The summed E-state index contributed by atoms with van der Waals surface area (Å²) >= 11 is 6.10. The lowest BCUT2D eigenvalue weighted by atomic mass is 9.97. The molecule has 94 valence electrons. The van der Waals surface area contributed by atoms with Gasteiger partial charge in [0.15, 0.2) is 0 Å². The van der Waals surface area contributed by atoms with E-state index in [0.717, 1.165) is 16.9 Å². The van der Waals surface area contributed by atoms with Crippen LogP contribution in [0.1, 0.15) is 22.8 Å². The van der Waals surface area contributed by atoms with Gasteiger partial charge in [-0.15, -0.1) is 0 Å². The van der Waals surface area contributed by atoms with Crippen LogP contribution in [0.5, 0.6) is 5.75 Å². The molecule has 18 heavy (non-hydrogen) atoms. The molecule has 2 nitrogen and oxygen atoms in total. The molecule has 0 spiro atoms. The van der Waals surface area contributed by atoms with Gasteiger partial charge in [0.25, 0.3) is 0 Å². The quantitative estimate of drug-likeness (QED) is 0.913. The van der Waals surface area contributed by atoms with E-state index >= 15 is 0 Å². The number of ether oxygens (including phenoxy) is 1. The van der Waals surface area contributed by atoms with Gasteiger partial charge < -0.3 is 9.84 Å². The van der Waals surface area contributed by atoms with Crippen molar-refractivity contribution in [1.29, 1.82) is 0 Å². The van der Waals surface area contributed by atoms with Crippen LogP contribution in [0.2, 0.25) is 5.02 Å². The molecule has 3 heteroatoms. The van der Waals surface area contributed by atoms with E-state index < -0.39 is 6.10 Å². The number of rotatable bonds is 3. The Kier molecular flexibility index (Phi) is 3.90. The first-order valence-electron chi connectivity index (χ1n) is 5.70. The lowest BCUT2D eigenvalue weighted by molar-refractivity contribution is 0.219. The number of benzene rings is 2. The average molecular weight is 263 g/mol. The van der Waals surface area contributed by atoms with Crippen molar-refractivity contribution in [2.45, 2.75) is 13.0 Å². The Morgan fingerprint density at radius 1 is 1.11 bits per heavy atom. The number of hydrogen-bond acceptors (Lipinski definition) is 2. The van der Waals surface area contributed by atoms with Crippen LogP contribution in [-0.4, -0.2) is 12.2 Å². The molecule has 2 aromatic carbocycles. The maximum Gasteiger partial charge on any atom is 0.119 e. The van der Waals surface area contributed by atoms with Crippen molar-refractivity contribution in [2.24, 2.45) is 0 Å². The van der Waals surface area contributed by atoms with Crippen LogP contribution in [-0.2, 0) is 0 Å². The van der Waals surface area contributed by atoms with E-state index in [4.69, 9.17) is 16.3 Å². The van der Waals surface area contributed by atoms with Gasteiger partial charge in [0.05, 0.1) is 7.11 Å². The van der Waals surface area contributed by atoms with Crippen molar-refractivity contribution in [1.82, 2.24) is 0 Å². The average Bonchev–Trinajstić information content (AvgIpc) is 2.38. The Hall–Kier alpha value is -1.51. The zero-order chi connectivity index (χ0) is 13.1. The monoisotopic (exact) mass is 262 g/mol. The third kappa shape index (κ3) is 2.50. The number of aryl methyl sites for hydroxylation is 1. The summed E-state index contributed by atoms with van der Waals surface area (Å²) in [6.07, 6.45) is -0.718. The fourth-order valence-corrected chi connectivity index (χ4v) is 2.19. The number of hydrogen-bond donors (Lipinski definition) is 1. The van der Waals surface area contributed by atoms with Gasteiger partial charge in [0.2, 0.25) is 0 Å². The highest BCUT2D eigenvalue weighted by atomic mass is 35.5. The van der Waals surface area contributed by atoms with Crippen molar-refractivity contribution in [3.8, 4) is 5.75 Å². The molecule has 0 aliphatic rings. The first-order chi connectivity index (χ1) is 8.63. The van der Waals surface area contributed by atoms with Gasteiger partial charge in [0.1, 0.15) is 11.9 Å². The van der Waals surface area contributed by atoms with E-state index in [1.54, 1.807) is 13.2 Å². The molecule has 2 aromatic rings. The van der Waals surface area contributed by atoms with E-state index in [1.807, 2.05) is 43.3 Å². The molecule has 0 saturated heterocycles. The fourth-order valence-electron chi connectivity index (χ4n) is 1.95. The van der Waals surface area contributed by atoms with E-state index in [9.17, 15) is 5.11 Å². The normalized spacial score (nSPS) is 12.2. The van der Waals surface area contributed by atoms with Crippen molar-refractivity contribution >= 4 is 11.6 Å². The summed E-state index contributed by atoms with van der Waals surface area (Å²) in [5.41, 5.74) is 2.53. The van der Waals surface area contributed by atoms with Crippen LogP contribution in [0.25, 0.3) is 0 Å². The first kappa shape index (κ1) is 12.9. The summed E-state index contributed by atoms with van der Waals surface area (Å²) in [6.45, 7) is 1.94. The molecule has 0 bridgehead atoms. The largest absolute Gasteiger partial charge is 0.497 e. The minimum atomic E-state index is -0.718. The minimum Gasteiger partial charge on any atom is -0.497 e. The molecule has 0 saturated carbocycles. The maximum atomic E-state index is 10.4. The summed E-state index contributed by atoms with van der Waals surface area (Å²) in [5.74, 6) is 0.780. The van der Waals surface area contributed by atoms with Gasteiger partial charge in [-0.05, 0) is 36.2 Å². The SMILES string of the molecule is COc1ccc(C(O)c2ccccc2Cl)c(C)c1. The molecule has 0 heterocycles. The topological polar surface area (TPSA) is 29.5 Å². The number of halogens is 1. The molecule has 1 atom stereocenters. The maximum absolute atomic E-state index is 10.4. The summed E-state index contributed by atoms with van der Waals surface area (Å²) < 4.78 is 5.15. The van der Waals surface area contributed by atoms with Gasteiger partial charge in [-0.2, -0.15) is 0 Å². The molecule has 0 aromatic heterocycles. The van der Waals surface area contributed by atoms with E-state index in [1.165, 1.54) is 0 Å². The van der Waals surface area contributed by atoms with Crippen LogP contribution in [0, 0.1) is 6.92 Å². The summed E-state index contributed by atoms with van der Waals surface area (Å²) in [5, 5.41) is 11.0. The van der Waals surface area contributed by atoms with Crippen molar-refractivity contribution in [3.63, 3.8) is 0 Å². The Labute approximate surface area is 112 Å². The van der Waals surface area contributed by atoms with Crippen LogP contribution < -0.4 is 4.74 Å². The Bertz CT molecular complexity index is 552. The third-order valence-corrected chi connectivity index (χ3v) is 3.32. The molecule has 0 aliphatic carbocycles. The molecule has 1 unspecified atom stereocenters. The lowest BCUT2D eigenvalue weighted by Crippen LogP contribution is -2.03. The summed E-state index contributed by atoms with van der Waals surface area (Å²) in [6, 6.07) is 12.9. The molecule has 0 fully saturated rings. The van der Waals surface area contributed by atoms with Crippen molar-refractivity contribution < 1.29 is 9.84 Å². The molecule has 0 aliphatic heterocycles. The lowest BCUT2D eigenvalue weighted by Gasteiger charge is -2.16. The van der Waals surface area contributed by atoms with E-state index in [2.05, 4.69) is 0 Å². The Morgan fingerprint density at radius 3 is 2.44 bits per heavy atom. The highest BCUT2D eigenvalue weighted by Gasteiger charge is 2.15. The van der Waals surface area contributed by atoms with Gasteiger partial charge in [0, 0.05) is 10.6 Å².